The fraction of sp³-hybridized carbons (Fsp3) is 0.0500. The van der Waals surface area contributed by atoms with Gasteiger partial charge < -0.3 is 10.6 Å². The third-order valence-corrected chi connectivity index (χ3v) is 4.13. The molecule has 1 amide bonds. The number of nitrogens with one attached hydrogen (secondary N) is 2. The summed E-state index contributed by atoms with van der Waals surface area (Å²) in [5, 5.41) is 10.1. The SMILES string of the molecule is CNC(=O)c1ccc(Nc2nc3c(-c4cccc(F)c4)cccn3n2)cc1. The summed E-state index contributed by atoms with van der Waals surface area (Å²) in [5.41, 5.74) is 3.46. The van der Waals surface area contributed by atoms with Gasteiger partial charge in [0.05, 0.1) is 0 Å². The second-order valence-corrected chi connectivity index (χ2v) is 5.92. The third-order valence-electron chi connectivity index (χ3n) is 4.13. The van der Waals surface area contributed by atoms with Crippen LogP contribution in [-0.2, 0) is 0 Å². The first-order valence-corrected chi connectivity index (χ1v) is 8.34. The van der Waals surface area contributed by atoms with E-state index in [0.717, 1.165) is 16.8 Å². The lowest BCUT2D eigenvalue weighted by atomic mass is 10.1. The molecule has 2 aromatic carbocycles. The van der Waals surface area contributed by atoms with E-state index < -0.39 is 0 Å². The van der Waals surface area contributed by atoms with Crippen LogP contribution in [0.4, 0.5) is 16.0 Å². The number of pyridine rings is 1. The molecule has 2 N–H and O–H groups in total. The minimum absolute atomic E-state index is 0.146. The number of hydrogen-bond acceptors (Lipinski definition) is 4. The third kappa shape index (κ3) is 3.35. The van der Waals surface area contributed by atoms with Crippen LogP contribution in [-0.4, -0.2) is 27.6 Å². The smallest absolute Gasteiger partial charge is 0.251 e. The molecule has 0 unspecified atom stereocenters. The zero-order valence-corrected chi connectivity index (χ0v) is 14.5. The quantitative estimate of drug-likeness (QED) is 0.582. The molecule has 4 rings (SSSR count). The number of rotatable bonds is 4. The number of nitrogens with zero attached hydrogens (tertiary/aromatic N) is 3. The van der Waals surface area contributed by atoms with Gasteiger partial charge >= 0.3 is 0 Å². The van der Waals surface area contributed by atoms with Crippen molar-refractivity contribution in [3.05, 3.63) is 78.2 Å². The predicted molar refractivity (Wildman–Crippen MR) is 101 cm³/mol. The minimum Gasteiger partial charge on any atom is -0.355 e. The molecule has 0 saturated carbocycles. The van der Waals surface area contributed by atoms with Crippen LogP contribution in [0.2, 0.25) is 0 Å². The van der Waals surface area contributed by atoms with Crippen molar-refractivity contribution in [1.82, 2.24) is 19.9 Å². The Morgan fingerprint density at radius 1 is 1.07 bits per heavy atom. The standard InChI is InChI=1S/C20H16FN5O/c1-22-19(27)13-7-9-16(10-8-13)23-20-24-18-17(6-3-11-26(18)25-20)14-4-2-5-15(21)12-14/h2-12H,1H3,(H,22,27)(H,23,25). The molecule has 0 bridgehead atoms. The Morgan fingerprint density at radius 3 is 2.63 bits per heavy atom. The average molecular weight is 361 g/mol. The molecule has 2 heterocycles. The molecule has 0 aliphatic heterocycles. The van der Waals surface area contributed by atoms with Gasteiger partial charge in [-0.2, -0.15) is 4.98 Å². The maximum Gasteiger partial charge on any atom is 0.251 e. The van der Waals surface area contributed by atoms with Crippen LogP contribution in [0, 0.1) is 5.82 Å². The molecular formula is C20H16FN5O. The van der Waals surface area contributed by atoms with Gasteiger partial charge in [0.15, 0.2) is 5.65 Å². The van der Waals surface area contributed by atoms with Crippen molar-refractivity contribution in [2.75, 3.05) is 12.4 Å². The lowest BCUT2D eigenvalue weighted by Crippen LogP contribution is -2.17. The van der Waals surface area contributed by atoms with E-state index >= 15 is 0 Å². The van der Waals surface area contributed by atoms with Crippen molar-refractivity contribution in [3.8, 4) is 11.1 Å². The van der Waals surface area contributed by atoms with Crippen LogP contribution in [0.3, 0.4) is 0 Å². The zero-order valence-electron chi connectivity index (χ0n) is 14.5. The summed E-state index contributed by atoms with van der Waals surface area (Å²) in [6, 6.07) is 17.1. The second kappa shape index (κ2) is 6.87. The molecule has 27 heavy (non-hydrogen) atoms. The number of fused-ring (bicyclic) bond motifs is 1. The van der Waals surface area contributed by atoms with Crippen molar-refractivity contribution in [3.63, 3.8) is 0 Å². The van der Waals surface area contributed by atoms with Gasteiger partial charge in [-0.05, 0) is 54.1 Å². The fourth-order valence-electron chi connectivity index (χ4n) is 2.82. The van der Waals surface area contributed by atoms with Gasteiger partial charge in [-0.1, -0.05) is 12.1 Å². The molecule has 134 valence electrons. The monoisotopic (exact) mass is 361 g/mol. The van der Waals surface area contributed by atoms with E-state index in [1.807, 2.05) is 18.2 Å². The highest BCUT2D eigenvalue weighted by Gasteiger charge is 2.11. The number of aromatic nitrogens is 3. The summed E-state index contributed by atoms with van der Waals surface area (Å²) in [7, 11) is 1.59. The van der Waals surface area contributed by atoms with E-state index in [9.17, 15) is 9.18 Å². The molecule has 7 heteroatoms. The van der Waals surface area contributed by atoms with Crippen molar-refractivity contribution in [2.24, 2.45) is 0 Å². The van der Waals surface area contributed by atoms with Gasteiger partial charge in [0, 0.05) is 30.1 Å². The molecule has 2 aromatic heterocycles. The number of carbonyl (C=O) groups is 1. The molecule has 0 spiro atoms. The highest BCUT2D eigenvalue weighted by Crippen LogP contribution is 2.25. The number of anilines is 2. The van der Waals surface area contributed by atoms with Gasteiger partial charge in [-0.15, -0.1) is 5.10 Å². The van der Waals surface area contributed by atoms with Crippen molar-refractivity contribution in [1.29, 1.82) is 0 Å². The average Bonchev–Trinajstić information content (AvgIpc) is 3.10. The number of hydrogen-bond donors (Lipinski definition) is 2. The first-order valence-electron chi connectivity index (χ1n) is 8.34. The highest BCUT2D eigenvalue weighted by atomic mass is 19.1. The van der Waals surface area contributed by atoms with Gasteiger partial charge in [0.1, 0.15) is 5.82 Å². The van der Waals surface area contributed by atoms with Crippen molar-refractivity contribution in [2.45, 2.75) is 0 Å². The molecule has 0 aliphatic rings. The number of carbonyl (C=O) groups excluding carboxylic acids is 1. The minimum atomic E-state index is -0.302. The van der Waals surface area contributed by atoms with Gasteiger partial charge in [0.2, 0.25) is 5.95 Å². The molecule has 0 aliphatic carbocycles. The van der Waals surface area contributed by atoms with E-state index in [-0.39, 0.29) is 11.7 Å². The molecule has 6 nitrogen and oxygen atoms in total. The molecule has 0 radical (unpaired) electrons. The Bertz CT molecular complexity index is 1120. The Morgan fingerprint density at radius 2 is 1.89 bits per heavy atom. The Hall–Kier alpha value is -3.74. The molecule has 0 atom stereocenters. The topological polar surface area (TPSA) is 71.3 Å². The Labute approximate surface area is 154 Å². The van der Waals surface area contributed by atoms with Gasteiger partial charge in [-0.25, -0.2) is 8.91 Å². The van der Waals surface area contributed by atoms with E-state index in [1.54, 1.807) is 48.1 Å². The van der Waals surface area contributed by atoms with Gasteiger partial charge in [-0.3, -0.25) is 4.79 Å². The number of amides is 1. The normalized spacial score (nSPS) is 10.7. The molecular weight excluding hydrogens is 345 g/mol. The lowest BCUT2D eigenvalue weighted by Gasteiger charge is -2.03. The summed E-state index contributed by atoms with van der Waals surface area (Å²) < 4.78 is 15.2. The molecule has 0 fully saturated rings. The van der Waals surface area contributed by atoms with Crippen LogP contribution in [0.5, 0.6) is 0 Å². The molecule has 0 saturated heterocycles. The van der Waals surface area contributed by atoms with E-state index in [4.69, 9.17) is 0 Å². The summed E-state index contributed by atoms with van der Waals surface area (Å²) in [6.45, 7) is 0. The fourth-order valence-corrected chi connectivity index (χ4v) is 2.82. The zero-order chi connectivity index (χ0) is 18.8. The Balaban J connectivity index is 1.66. The first kappa shape index (κ1) is 16.7. The second-order valence-electron chi connectivity index (χ2n) is 5.92. The Kier molecular flexibility index (Phi) is 4.25. The van der Waals surface area contributed by atoms with E-state index in [0.29, 0.717) is 17.2 Å². The maximum absolute atomic E-state index is 13.6. The number of halogens is 1. The summed E-state index contributed by atoms with van der Waals surface area (Å²) in [5.74, 6) is -0.0396. The molecule has 4 aromatic rings. The van der Waals surface area contributed by atoms with Gasteiger partial charge in [0.25, 0.3) is 5.91 Å². The summed E-state index contributed by atoms with van der Waals surface area (Å²) in [4.78, 5) is 16.1. The van der Waals surface area contributed by atoms with E-state index in [2.05, 4.69) is 20.7 Å². The highest BCUT2D eigenvalue weighted by molar-refractivity contribution is 5.94. The van der Waals surface area contributed by atoms with E-state index in [1.165, 1.54) is 12.1 Å². The van der Waals surface area contributed by atoms with Crippen LogP contribution in [0.15, 0.2) is 66.9 Å². The van der Waals surface area contributed by atoms with Crippen LogP contribution < -0.4 is 10.6 Å². The van der Waals surface area contributed by atoms with Crippen molar-refractivity contribution < 1.29 is 9.18 Å². The largest absolute Gasteiger partial charge is 0.355 e. The lowest BCUT2D eigenvalue weighted by molar-refractivity contribution is 0.0963. The van der Waals surface area contributed by atoms with Crippen LogP contribution in [0.1, 0.15) is 10.4 Å². The number of benzene rings is 2. The van der Waals surface area contributed by atoms with Crippen LogP contribution >= 0.6 is 0 Å². The summed E-state index contributed by atoms with van der Waals surface area (Å²) in [6.07, 6.45) is 1.78. The van der Waals surface area contributed by atoms with Crippen molar-refractivity contribution >= 4 is 23.2 Å². The predicted octanol–water partition coefficient (Wildman–Crippen LogP) is 3.64. The first-order chi connectivity index (χ1) is 13.1. The van der Waals surface area contributed by atoms with Crippen LogP contribution in [0.25, 0.3) is 16.8 Å². The summed E-state index contributed by atoms with van der Waals surface area (Å²) >= 11 is 0. The maximum atomic E-state index is 13.6.